The minimum atomic E-state index is -0.928. The normalized spacial score (nSPS) is 14.1. The van der Waals surface area contributed by atoms with E-state index < -0.39 is 18.0 Å². The molecule has 93 valence electrons. The van der Waals surface area contributed by atoms with Gasteiger partial charge in [0.2, 0.25) is 5.91 Å². The Labute approximate surface area is 100.0 Å². The summed E-state index contributed by atoms with van der Waals surface area (Å²) in [5.41, 5.74) is 8.41. The molecule has 6 heteroatoms. The number of rotatable bonds is 6. The number of nitrogens with zero attached hydrogens (tertiary/aromatic N) is 1. The Morgan fingerprint density at radius 3 is 2.82 bits per heavy atom. The zero-order valence-corrected chi connectivity index (χ0v) is 9.99. The highest BCUT2D eigenvalue weighted by atomic mass is 16.2. The minimum absolute atomic E-state index is 0.0351. The first-order valence-electron chi connectivity index (χ1n) is 5.56. The molecule has 0 aliphatic heterocycles. The molecule has 0 bridgehead atoms. The van der Waals surface area contributed by atoms with Crippen molar-refractivity contribution in [3.63, 3.8) is 0 Å². The maximum Gasteiger partial charge on any atom is 0.239 e. The van der Waals surface area contributed by atoms with Crippen LogP contribution in [0.25, 0.3) is 0 Å². The second kappa shape index (κ2) is 6.15. The highest BCUT2D eigenvalue weighted by molar-refractivity contribution is 5.90. The molecule has 0 fully saturated rings. The van der Waals surface area contributed by atoms with Crippen LogP contribution in [0.2, 0.25) is 0 Å². The summed E-state index contributed by atoms with van der Waals surface area (Å²) in [4.78, 5) is 29.6. The molecule has 1 heterocycles. The summed E-state index contributed by atoms with van der Waals surface area (Å²) in [6.45, 7) is 3.38. The van der Waals surface area contributed by atoms with Gasteiger partial charge in [-0.1, -0.05) is 6.92 Å². The van der Waals surface area contributed by atoms with Crippen molar-refractivity contribution < 1.29 is 9.59 Å². The number of hydrogen-bond acceptors (Lipinski definition) is 3. The average molecular weight is 237 g/mol. The van der Waals surface area contributed by atoms with Crippen molar-refractivity contribution in [1.29, 1.82) is 0 Å². The highest BCUT2D eigenvalue weighted by Gasteiger charge is 2.20. The second-order valence-corrected chi connectivity index (χ2v) is 3.88. The van der Waals surface area contributed by atoms with Crippen molar-refractivity contribution in [2.45, 2.75) is 38.8 Å². The third-order valence-corrected chi connectivity index (χ3v) is 2.49. The zero-order valence-electron chi connectivity index (χ0n) is 9.99. The number of aromatic nitrogens is 2. The maximum absolute atomic E-state index is 11.6. The Morgan fingerprint density at radius 1 is 1.59 bits per heavy atom. The van der Waals surface area contributed by atoms with Gasteiger partial charge in [0.25, 0.3) is 0 Å². The summed E-state index contributed by atoms with van der Waals surface area (Å²) in [7, 11) is 0. The molecule has 0 spiro atoms. The highest BCUT2D eigenvalue weighted by Crippen LogP contribution is 1.99. The molecule has 0 aliphatic rings. The van der Waals surface area contributed by atoms with Crippen molar-refractivity contribution in [1.82, 2.24) is 21.0 Å². The maximum atomic E-state index is 11.6. The molecule has 1 amide bonds. The number of amides is 1. The van der Waals surface area contributed by atoms with Crippen LogP contribution < -0.4 is 11.1 Å². The number of carbonyl (C=O) groups is 2. The van der Waals surface area contributed by atoms with Gasteiger partial charge in [-0.05, 0) is 6.92 Å². The Balaban J connectivity index is 2.44. The largest absolute Gasteiger partial charge is 0.348 e. The number of nitrogens with one attached hydrogen (secondary N) is 3. The van der Waals surface area contributed by atoms with Crippen LogP contribution >= 0.6 is 0 Å². The zero-order chi connectivity index (χ0) is 12.8. The Hall–Kier alpha value is -1.69. The SMILES string of the molecule is CCC(=O)[C@@H](C)NC(=O)[C@@H]([NH])Cc1cnc[nH]1. The lowest BCUT2D eigenvalue weighted by atomic mass is 10.1. The molecular weight excluding hydrogens is 220 g/mol. The molecule has 1 aromatic heterocycles. The average Bonchev–Trinajstić information content (AvgIpc) is 2.80. The lowest BCUT2D eigenvalue weighted by molar-refractivity contribution is -0.128. The molecule has 3 N–H and O–H groups in total. The van der Waals surface area contributed by atoms with E-state index in [0.29, 0.717) is 6.42 Å². The van der Waals surface area contributed by atoms with Gasteiger partial charge in [-0.25, -0.2) is 10.7 Å². The predicted molar refractivity (Wildman–Crippen MR) is 62.1 cm³/mol. The topological polar surface area (TPSA) is 98.7 Å². The molecule has 1 aromatic rings. The molecule has 1 rings (SSSR count). The van der Waals surface area contributed by atoms with E-state index in [1.54, 1.807) is 20.0 Å². The lowest BCUT2D eigenvalue weighted by Gasteiger charge is -2.15. The first-order valence-corrected chi connectivity index (χ1v) is 5.56. The van der Waals surface area contributed by atoms with Gasteiger partial charge < -0.3 is 10.3 Å². The molecule has 6 nitrogen and oxygen atoms in total. The molecule has 0 aromatic carbocycles. The van der Waals surface area contributed by atoms with Gasteiger partial charge in [0.15, 0.2) is 5.78 Å². The van der Waals surface area contributed by atoms with Crippen LogP contribution in [0.15, 0.2) is 12.5 Å². The number of imidazole rings is 1. The monoisotopic (exact) mass is 237 g/mol. The molecule has 17 heavy (non-hydrogen) atoms. The quantitative estimate of drug-likeness (QED) is 0.733. The van der Waals surface area contributed by atoms with Crippen molar-refractivity contribution in [2.75, 3.05) is 0 Å². The second-order valence-electron chi connectivity index (χ2n) is 3.88. The molecule has 0 saturated carbocycles. The van der Waals surface area contributed by atoms with Gasteiger partial charge in [0, 0.05) is 24.7 Å². The first-order chi connectivity index (χ1) is 8.04. The van der Waals surface area contributed by atoms with Gasteiger partial charge in [-0.3, -0.25) is 9.59 Å². The van der Waals surface area contributed by atoms with Crippen molar-refractivity contribution in [3.05, 3.63) is 18.2 Å². The lowest BCUT2D eigenvalue weighted by Crippen LogP contribution is -2.45. The standard InChI is InChI=1S/C11H17N4O2/c1-3-10(16)7(2)15-11(17)9(12)4-8-5-13-6-14-8/h5-7,9,12H,3-4H2,1-2H3,(H,13,14)(H,15,17)/t7-,9+/m1/s1. The van der Waals surface area contributed by atoms with Gasteiger partial charge in [-0.2, -0.15) is 0 Å². The van der Waals surface area contributed by atoms with E-state index in [2.05, 4.69) is 15.3 Å². The van der Waals surface area contributed by atoms with E-state index in [4.69, 9.17) is 5.73 Å². The summed E-state index contributed by atoms with van der Waals surface area (Å²) in [6, 6.07) is -1.45. The summed E-state index contributed by atoms with van der Waals surface area (Å²) in [5, 5.41) is 2.53. The van der Waals surface area contributed by atoms with E-state index in [1.165, 1.54) is 6.33 Å². The molecule has 0 aliphatic carbocycles. The fourth-order valence-corrected chi connectivity index (χ4v) is 1.41. The van der Waals surface area contributed by atoms with Crippen molar-refractivity contribution >= 4 is 11.7 Å². The third kappa shape index (κ3) is 3.99. The van der Waals surface area contributed by atoms with Crippen LogP contribution in [-0.2, 0) is 16.0 Å². The summed E-state index contributed by atoms with van der Waals surface area (Å²) < 4.78 is 0. The summed E-state index contributed by atoms with van der Waals surface area (Å²) >= 11 is 0. The summed E-state index contributed by atoms with van der Waals surface area (Å²) in [6.07, 6.45) is 3.72. The van der Waals surface area contributed by atoms with Gasteiger partial charge >= 0.3 is 0 Å². The van der Waals surface area contributed by atoms with Crippen molar-refractivity contribution in [2.24, 2.45) is 0 Å². The number of ketones is 1. The molecule has 0 unspecified atom stereocenters. The van der Waals surface area contributed by atoms with Crippen LogP contribution in [0.4, 0.5) is 0 Å². The van der Waals surface area contributed by atoms with Crippen LogP contribution in [0.1, 0.15) is 26.0 Å². The first kappa shape index (κ1) is 13.4. The van der Waals surface area contributed by atoms with E-state index in [0.717, 1.165) is 5.69 Å². The Kier molecular flexibility index (Phi) is 4.84. The number of hydrogen-bond donors (Lipinski definition) is 2. The van der Waals surface area contributed by atoms with E-state index in [9.17, 15) is 9.59 Å². The number of carbonyl (C=O) groups excluding carboxylic acids is 2. The van der Waals surface area contributed by atoms with Gasteiger partial charge in [0.05, 0.1) is 12.4 Å². The Morgan fingerprint density at radius 2 is 2.29 bits per heavy atom. The van der Waals surface area contributed by atoms with Crippen LogP contribution in [0.3, 0.4) is 0 Å². The number of H-pyrrole nitrogens is 1. The van der Waals surface area contributed by atoms with E-state index >= 15 is 0 Å². The third-order valence-electron chi connectivity index (χ3n) is 2.49. The molecule has 1 radical (unpaired) electrons. The van der Waals surface area contributed by atoms with Crippen LogP contribution in [0.5, 0.6) is 0 Å². The fourth-order valence-electron chi connectivity index (χ4n) is 1.41. The van der Waals surface area contributed by atoms with Gasteiger partial charge in [-0.15, -0.1) is 0 Å². The van der Waals surface area contributed by atoms with E-state index in [1.807, 2.05) is 0 Å². The summed E-state index contributed by atoms with van der Waals surface area (Å²) in [5.74, 6) is -0.471. The van der Waals surface area contributed by atoms with Crippen LogP contribution in [0, 0.1) is 0 Å². The molecular formula is C11H17N4O2. The number of aromatic amines is 1. The predicted octanol–water partition coefficient (Wildman–Crippen LogP) is 0.0875. The number of Topliss-reactive ketones (excluding diaryl/α,β-unsaturated/α-hetero) is 1. The van der Waals surface area contributed by atoms with Crippen molar-refractivity contribution in [3.8, 4) is 0 Å². The fraction of sp³-hybridized carbons (Fsp3) is 0.545. The van der Waals surface area contributed by atoms with Crippen LogP contribution in [-0.4, -0.2) is 33.7 Å². The molecule has 0 saturated heterocycles. The van der Waals surface area contributed by atoms with Gasteiger partial charge in [0.1, 0.15) is 6.04 Å². The molecule has 2 atom stereocenters. The Bertz CT molecular complexity index is 375. The smallest absolute Gasteiger partial charge is 0.239 e. The van der Waals surface area contributed by atoms with E-state index in [-0.39, 0.29) is 12.2 Å². The minimum Gasteiger partial charge on any atom is -0.348 e.